The number of hydrogen-bond acceptors (Lipinski definition) is 4. The van der Waals surface area contributed by atoms with E-state index in [0.29, 0.717) is 12.0 Å². The molecule has 0 saturated heterocycles. The number of aromatic nitrogens is 1. The Bertz CT molecular complexity index is 581. The quantitative estimate of drug-likeness (QED) is 0.939. The van der Waals surface area contributed by atoms with E-state index >= 15 is 0 Å². The molecule has 4 heteroatoms. The molecule has 2 atom stereocenters. The molecule has 0 amide bonds. The number of nitrogens with one attached hydrogen (secondary N) is 1. The highest BCUT2D eigenvalue weighted by Gasteiger charge is 2.27. The minimum atomic E-state index is 0.407. The predicted octanol–water partition coefficient (Wildman–Crippen LogP) is 2.83. The third-order valence-corrected chi connectivity index (χ3v) is 4.77. The fourth-order valence-corrected chi connectivity index (χ4v) is 3.47. The van der Waals surface area contributed by atoms with Gasteiger partial charge < -0.3 is 10.1 Å². The molecule has 0 spiro atoms. The lowest BCUT2D eigenvalue weighted by molar-refractivity contribution is 0.187. The van der Waals surface area contributed by atoms with Gasteiger partial charge in [-0.3, -0.25) is 0 Å². The average molecular weight is 288 g/mol. The normalized spacial score (nSPS) is 19.2. The van der Waals surface area contributed by atoms with Gasteiger partial charge in [-0.15, -0.1) is 11.3 Å². The third-order valence-electron chi connectivity index (χ3n) is 3.94. The molecule has 3 rings (SSSR count). The van der Waals surface area contributed by atoms with Crippen molar-refractivity contribution >= 4 is 11.3 Å². The van der Waals surface area contributed by atoms with Crippen LogP contribution in [-0.2, 0) is 12.8 Å². The number of likely N-dealkylation sites (N-methyl/N-ethyl adjacent to an activating group) is 1. The van der Waals surface area contributed by atoms with Crippen LogP contribution in [0.4, 0.5) is 0 Å². The maximum atomic E-state index is 5.90. The summed E-state index contributed by atoms with van der Waals surface area (Å²) in [5.74, 6) is 1.54. The monoisotopic (exact) mass is 288 g/mol. The van der Waals surface area contributed by atoms with Crippen molar-refractivity contribution < 1.29 is 4.74 Å². The van der Waals surface area contributed by atoms with Crippen LogP contribution in [0.25, 0.3) is 0 Å². The van der Waals surface area contributed by atoms with E-state index in [1.807, 2.05) is 13.1 Å². The van der Waals surface area contributed by atoms with Crippen LogP contribution in [0, 0.1) is 12.8 Å². The van der Waals surface area contributed by atoms with Crippen molar-refractivity contribution in [3.8, 4) is 5.75 Å². The Morgan fingerprint density at radius 3 is 3.05 bits per heavy atom. The van der Waals surface area contributed by atoms with Crippen LogP contribution in [0.3, 0.4) is 0 Å². The van der Waals surface area contributed by atoms with Crippen LogP contribution >= 0.6 is 11.3 Å². The molecule has 20 heavy (non-hydrogen) atoms. The molecular formula is C16H20N2OS. The summed E-state index contributed by atoms with van der Waals surface area (Å²) in [6.45, 7) is 2.84. The lowest BCUT2D eigenvalue weighted by Crippen LogP contribution is -2.41. The average Bonchev–Trinajstić information content (AvgIpc) is 2.89. The topological polar surface area (TPSA) is 34.2 Å². The summed E-state index contributed by atoms with van der Waals surface area (Å²) < 4.78 is 5.90. The summed E-state index contributed by atoms with van der Waals surface area (Å²) >= 11 is 1.72. The van der Waals surface area contributed by atoms with E-state index in [9.17, 15) is 0 Å². The Hall–Kier alpha value is -1.39. The van der Waals surface area contributed by atoms with E-state index in [0.717, 1.165) is 30.2 Å². The zero-order valence-electron chi connectivity index (χ0n) is 11.9. The summed E-state index contributed by atoms with van der Waals surface area (Å²) in [5, 5.41) is 6.75. The first kappa shape index (κ1) is 13.6. The summed E-state index contributed by atoms with van der Waals surface area (Å²) in [6, 6.07) is 8.75. The summed E-state index contributed by atoms with van der Waals surface area (Å²) in [5.41, 5.74) is 2.50. The van der Waals surface area contributed by atoms with Crippen LogP contribution < -0.4 is 10.1 Å². The van der Waals surface area contributed by atoms with Gasteiger partial charge >= 0.3 is 0 Å². The zero-order chi connectivity index (χ0) is 13.9. The second-order valence-corrected chi connectivity index (χ2v) is 6.40. The Labute approximate surface area is 124 Å². The smallest absolute Gasteiger partial charge is 0.122 e. The highest BCUT2D eigenvalue weighted by atomic mass is 32.1. The number of para-hydroxylation sites is 1. The SMILES string of the molecule is CNC(Cc1csc(C)n1)C1COc2ccccc2C1. The van der Waals surface area contributed by atoms with Crippen molar-refractivity contribution in [3.05, 3.63) is 45.9 Å². The maximum absolute atomic E-state index is 5.90. The first-order valence-corrected chi connectivity index (χ1v) is 7.93. The number of hydrogen-bond donors (Lipinski definition) is 1. The van der Waals surface area contributed by atoms with Crippen LogP contribution in [0.15, 0.2) is 29.6 Å². The second kappa shape index (κ2) is 5.94. The van der Waals surface area contributed by atoms with E-state index in [1.165, 1.54) is 11.3 Å². The van der Waals surface area contributed by atoms with Crippen molar-refractivity contribution in [3.63, 3.8) is 0 Å². The highest BCUT2D eigenvalue weighted by Crippen LogP contribution is 2.29. The van der Waals surface area contributed by atoms with E-state index in [4.69, 9.17) is 4.74 Å². The number of benzene rings is 1. The zero-order valence-corrected chi connectivity index (χ0v) is 12.7. The van der Waals surface area contributed by atoms with Crippen molar-refractivity contribution in [2.45, 2.75) is 25.8 Å². The Kier molecular flexibility index (Phi) is 4.03. The van der Waals surface area contributed by atoms with E-state index < -0.39 is 0 Å². The Morgan fingerprint density at radius 1 is 1.45 bits per heavy atom. The van der Waals surface area contributed by atoms with E-state index in [-0.39, 0.29) is 0 Å². The van der Waals surface area contributed by atoms with Gasteiger partial charge in [-0.25, -0.2) is 4.98 Å². The number of fused-ring (bicyclic) bond motifs is 1. The standard InChI is InChI=1S/C16H20N2OS/c1-11-18-14(10-20-11)8-15(17-2)13-7-12-5-3-4-6-16(12)19-9-13/h3-6,10,13,15,17H,7-9H2,1-2H3. The van der Waals surface area contributed by atoms with Gasteiger partial charge in [-0.1, -0.05) is 18.2 Å². The van der Waals surface area contributed by atoms with E-state index in [1.54, 1.807) is 11.3 Å². The van der Waals surface area contributed by atoms with Crippen molar-refractivity contribution in [2.24, 2.45) is 5.92 Å². The van der Waals surface area contributed by atoms with Crippen LogP contribution in [0.2, 0.25) is 0 Å². The van der Waals surface area contributed by atoms with Gasteiger partial charge in [0.25, 0.3) is 0 Å². The number of nitrogens with zero attached hydrogens (tertiary/aromatic N) is 1. The Balaban J connectivity index is 1.71. The largest absolute Gasteiger partial charge is 0.493 e. The van der Waals surface area contributed by atoms with Crippen molar-refractivity contribution in [1.82, 2.24) is 10.3 Å². The highest BCUT2D eigenvalue weighted by molar-refractivity contribution is 7.09. The van der Waals surface area contributed by atoms with E-state index in [2.05, 4.69) is 40.8 Å². The van der Waals surface area contributed by atoms with Gasteiger partial charge in [0.05, 0.1) is 17.3 Å². The molecule has 106 valence electrons. The van der Waals surface area contributed by atoms with Crippen molar-refractivity contribution in [2.75, 3.05) is 13.7 Å². The summed E-state index contributed by atoms with van der Waals surface area (Å²) in [7, 11) is 2.03. The first-order valence-electron chi connectivity index (χ1n) is 7.05. The maximum Gasteiger partial charge on any atom is 0.122 e. The molecule has 0 saturated carbocycles. The van der Waals surface area contributed by atoms with Gasteiger partial charge in [0.15, 0.2) is 0 Å². The molecule has 2 unspecified atom stereocenters. The molecule has 1 aromatic heterocycles. The first-order chi connectivity index (χ1) is 9.76. The summed E-state index contributed by atoms with van der Waals surface area (Å²) in [6.07, 6.45) is 2.04. The second-order valence-electron chi connectivity index (χ2n) is 5.34. The van der Waals surface area contributed by atoms with Gasteiger partial charge in [0, 0.05) is 23.8 Å². The molecular weight excluding hydrogens is 268 g/mol. The molecule has 2 heterocycles. The molecule has 0 aliphatic carbocycles. The summed E-state index contributed by atoms with van der Waals surface area (Å²) in [4.78, 5) is 4.58. The van der Waals surface area contributed by atoms with Gasteiger partial charge in [0.1, 0.15) is 5.75 Å². The van der Waals surface area contributed by atoms with Gasteiger partial charge in [-0.2, -0.15) is 0 Å². The van der Waals surface area contributed by atoms with Crippen LogP contribution in [0.1, 0.15) is 16.3 Å². The molecule has 0 bridgehead atoms. The van der Waals surface area contributed by atoms with Crippen LogP contribution in [0.5, 0.6) is 5.75 Å². The molecule has 1 N–H and O–H groups in total. The fourth-order valence-electron chi connectivity index (χ4n) is 2.84. The van der Waals surface area contributed by atoms with Gasteiger partial charge in [0.2, 0.25) is 0 Å². The molecule has 1 aliphatic rings. The number of ether oxygens (including phenoxy) is 1. The molecule has 3 nitrogen and oxygen atoms in total. The minimum absolute atomic E-state index is 0.407. The number of thiazole rings is 1. The number of rotatable bonds is 4. The van der Waals surface area contributed by atoms with Crippen LogP contribution in [-0.4, -0.2) is 24.7 Å². The lowest BCUT2D eigenvalue weighted by Gasteiger charge is -2.31. The molecule has 0 radical (unpaired) electrons. The van der Waals surface area contributed by atoms with Crippen molar-refractivity contribution in [1.29, 1.82) is 0 Å². The lowest BCUT2D eigenvalue weighted by atomic mass is 9.88. The molecule has 1 aromatic carbocycles. The van der Waals surface area contributed by atoms with Gasteiger partial charge in [-0.05, 0) is 32.0 Å². The molecule has 2 aromatic rings. The third kappa shape index (κ3) is 2.86. The Morgan fingerprint density at radius 2 is 2.30 bits per heavy atom. The predicted molar refractivity (Wildman–Crippen MR) is 82.5 cm³/mol. The molecule has 1 aliphatic heterocycles. The molecule has 0 fully saturated rings. The minimum Gasteiger partial charge on any atom is -0.493 e. The fraction of sp³-hybridized carbons (Fsp3) is 0.438. The number of aryl methyl sites for hydroxylation is 1.